The molecule has 3 aliphatic rings. The lowest BCUT2D eigenvalue weighted by Crippen LogP contribution is -2.61. The molecule has 0 aliphatic carbocycles. The Morgan fingerprint density at radius 3 is 2.48 bits per heavy atom. The van der Waals surface area contributed by atoms with Crippen LogP contribution in [0.2, 0.25) is 0 Å². The summed E-state index contributed by atoms with van der Waals surface area (Å²) in [6, 6.07) is 13.8. The molecule has 0 spiro atoms. The van der Waals surface area contributed by atoms with E-state index in [1.54, 1.807) is 12.1 Å². The molecule has 0 unspecified atom stereocenters. The fourth-order valence-electron chi connectivity index (χ4n) is 5.37. The average molecular weight is 421 g/mol. The Hall–Kier alpha value is -3.09. The molecule has 0 bridgehead atoms. The first-order chi connectivity index (χ1) is 15.0. The third-order valence-corrected chi connectivity index (χ3v) is 7.04. The minimum absolute atomic E-state index is 0.0668. The molecule has 7 heteroatoms. The topological polar surface area (TPSA) is 69.9 Å². The number of carbonyl (C=O) groups is 1. The van der Waals surface area contributed by atoms with Crippen molar-refractivity contribution in [2.75, 3.05) is 42.5 Å². The highest BCUT2D eigenvalue weighted by Crippen LogP contribution is 2.39. The Balaban J connectivity index is 1.49. The highest BCUT2D eigenvalue weighted by molar-refractivity contribution is 5.83. The molecule has 7 nitrogen and oxygen atoms in total. The zero-order chi connectivity index (χ0) is 21.5. The summed E-state index contributed by atoms with van der Waals surface area (Å²) in [6.07, 6.45) is 2.68. The van der Waals surface area contributed by atoms with Crippen LogP contribution in [0.25, 0.3) is 0 Å². The first-order valence-electron chi connectivity index (χ1n) is 11.2. The van der Waals surface area contributed by atoms with Crippen molar-refractivity contribution >= 4 is 23.0 Å². The second-order valence-corrected chi connectivity index (χ2v) is 8.96. The summed E-state index contributed by atoms with van der Waals surface area (Å²) in [5.74, 6) is 0.0243. The average Bonchev–Trinajstić information content (AvgIpc) is 3.33. The zero-order valence-electron chi connectivity index (χ0n) is 17.9. The first kappa shape index (κ1) is 19.8. The number of rotatable bonds is 3. The van der Waals surface area contributed by atoms with Gasteiger partial charge in [0, 0.05) is 56.2 Å². The Kier molecular flexibility index (Phi) is 5.04. The molecular weight excluding hydrogens is 392 g/mol. The second-order valence-electron chi connectivity index (χ2n) is 8.96. The van der Waals surface area contributed by atoms with E-state index in [9.17, 15) is 14.9 Å². The molecule has 0 saturated carbocycles. The molecule has 3 aliphatic heterocycles. The van der Waals surface area contributed by atoms with Crippen LogP contribution < -0.4 is 9.80 Å². The number of fused-ring (bicyclic) bond motifs is 3. The molecule has 162 valence electrons. The molecule has 2 atom stereocenters. The summed E-state index contributed by atoms with van der Waals surface area (Å²) >= 11 is 0. The fraction of sp³-hybridized carbons (Fsp3) is 0.458. The molecule has 0 radical (unpaired) electrons. The van der Waals surface area contributed by atoms with Crippen LogP contribution in [0.1, 0.15) is 24.0 Å². The van der Waals surface area contributed by atoms with E-state index in [4.69, 9.17) is 0 Å². The predicted molar refractivity (Wildman–Crippen MR) is 121 cm³/mol. The largest absolute Gasteiger partial charge is 0.368 e. The lowest BCUT2D eigenvalue weighted by Gasteiger charge is -2.50. The van der Waals surface area contributed by atoms with E-state index in [0.29, 0.717) is 6.42 Å². The van der Waals surface area contributed by atoms with Gasteiger partial charge in [0.15, 0.2) is 0 Å². The second kappa shape index (κ2) is 7.87. The number of aryl methyl sites for hydroxylation is 1. The van der Waals surface area contributed by atoms with Crippen molar-refractivity contribution in [3.63, 3.8) is 0 Å². The van der Waals surface area contributed by atoms with Gasteiger partial charge in [-0.25, -0.2) is 0 Å². The third kappa shape index (κ3) is 3.62. The van der Waals surface area contributed by atoms with E-state index in [1.165, 1.54) is 11.3 Å². The number of nitro groups is 1. The van der Waals surface area contributed by atoms with Crippen LogP contribution >= 0.6 is 0 Å². The quantitative estimate of drug-likeness (QED) is 0.562. The summed E-state index contributed by atoms with van der Waals surface area (Å²) in [6.45, 7) is 6.18. The Morgan fingerprint density at radius 1 is 1.03 bits per heavy atom. The zero-order valence-corrected chi connectivity index (χ0v) is 17.9. The first-order valence-corrected chi connectivity index (χ1v) is 11.2. The predicted octanol–water partition coefficient (Wildman–Crippen LogP) is 3.39. The number of hydrogen-bond donors (Lipinski definition) is 0. The van der Waals surface area contributed by atoms with Gasteiger partial charge in [-0.3, -0.25) is 14.9 Å². The summed E-state index contributed by atoms with van der Waals surface area (Å²) < 4.78 is 0. The number of carbonyl (C=O) groups excluding carboxylic acids is 1. The van der Waals surface area contributed by atoms with E-state index in [1.807, 2.05) is 11.0 Å². The maximum Gasteiger partial charge on any atom is 0.269 e. The van der Waals surface area contributed by atoms with Crippen molar-refractivity contribution in [2.24, 2.45) is 5.92 Å². The normalized spacial score (nSPS) is 22.8. The van der Waals surface area contributed by atoms with Gasteiger partial charge in [-0.2, -0.15) is 0 Å². The molecule has 2 fully saturated rings. The van der Waals surface area contributed by atoms with E-state index in [2.05, 4.69) is 41.0 Å². The number of likely N-dealkylation sites (tertiary alicyclic amines) is 1. The summed E-state index contributed by atoms with van der Waals surface area (Å²) in [4.78, 5) is 31.2. The monoisotopic (exact) mass is 420 g/mol. The fourth-order valence-corrected chi connectivity index (χ4v) is 5.37. The molecule has 0 N–H and O–H groups in total. The van der Waals surface area contributed by atoms with E-state index in [-0.39, 0.29) is 28.5 Å². The van der Waals surface area contributed by atoms with Crippen LogP contribution in [0.4, 0.5) is 17.1 Å². The number of piperazine rings is 1. The molecular formula is C24H28N4O3. The van der Waals surface area contributed by atoms with Crippen LogP contribution in [0.3, 0.4) is 0 Å². The number of benzene rings is 2. The maximum atomic E-state index is 13.5. The number of nitro benzene ring substituents is 1. The van der Waals surface area contributed by atoms with Gasteiger partial charge >= 0.3 is 0 Å². The van der Waals surface area contributed by atoms with Crippen molar-refractivity contribution in [1.29, 1.82) is 0 Å². The number of amides is 1. The van der Waals surface area contributed by atoms with Gasteiger partial charge in [-0.05, 0) is 49.9 Å². The lowest BCUT2D eigenvalue weighted by molar-refractivity contribution is -0.384. The van der Waals surface area contributed by atoms with E-state index in [0.717, 1.165) is 56.8 Å². The van der Waals surface area contributed by atoms with Gasteiger partial charge in [0.2, 0.25) is 5.91 Å². The summed E-state index contributed by atoms with van der Waals surface area (Å²) in [5, 5.41) is 11.3. The molecule has 31 heavy (non-hydrogen) atoms. The summed E-state index contributed by atoms with van der Waals surface area (Å²) in [5.41, 5.74) is 4.49. The van der Waals surface area contributed by atoms with Crippen molar-refractivity contribution in [3.8, 4) is 0 Å². The molecule has 2 aromatic rings. The number of nitrogens with zero attached hydrogens (tertiary/aromatic N) is 4. The molecule has 2 aromatic carbocycles. The molecule has 1 amide bonds. The van der Waals surface area contributed by atoms with Crippen molar-refractivity contribution in [3.05, 3.63) is 63.7 Å². The van der Waals surface area contributed by atoms with Crippen LogP contribution in [0.5, 0.6) is 0 Å². The van der Waals surface area contributed by atoms with Crippen LogP contribution in [-0.2, 0) is 11.2 Å². The minimum Gasteiger partial charge on any atom is -0.368 e. The summed E-state index contributed by atoms with van der Waals surface area (Å²) in [7, 11) is 0. The lowest BCUT2D eigenvalue weighted by atomic mass is 9.82. The maximum absolute atomic E-state index is 13.5. The van der Waals surface area contributed by atoms with Crippen molar-refractivity contribution < 1.29 is 9.72 Å². The van der Waals surface area contributed by atoms with Crippen molar-refractivity contribution in [2.45, 2.75) is 32.2 Å². The van der Waals surface area contributed by atoms with Gasteiger partial charge in [0.1, 0.15) is 0 Å². The van der Waals surface area contributed by atoms with E-state index < -0.39 is 0 Å². The highest BCUT2D eigenvalue weighted by atomic mass is 16.6. The number of non-ortho nitro benzene ring substituents is 1. The van der Waals surface area contributed by atoms with Gasteiger partial charge in [0.05, 0.1) is 16.9 Å². The van der Waals surface area contributed by atoms with Crippen LogP contribution in [-0.4, -0.2) is 54.5 Å². The van der Waals surface area contributed by atoms with Gasteiger partial charge in [0.25, 0.3) is 5.69 Å². The third-order valence-electron chi connectivity index (χ3n) is 7.04. The number of hydrogen-bond acceptors (Lipinski definition) is 5. The van der Waals surface area contributed by atoms with Gasteiger partial charge in [-0.15, -0.1) is 0 Å². The standard InChI is InChI=1S/C24H28N4O3/c1-17-4-6-19(7-5-17)26-12-13-27-22-9-8-20(28(30)31)14-18(22)15-21(23(27)16-26)24(29)25-10-2-3-11-25/h4-9,14,21,23H,2-3,10-13,15-16H2,1H3/t21-,23+/m0/s1. The Bertz CT molecular complexity index is 1000. The smallest absolute Gasteiger partial charge is 0.269 e. The van der Waals surface area contributed by atoms with Crippen LogP contribution in [0, 0.1) is 23.0 Å². The Morgan fingerprint density at radius 2 is 1.77 bits per heavy atom. The molecule has 0 aromatic heterocycles. The minimum atomic E-state index is -0.348. The Labute approximate surface area is 182 Å². The molecule has 2 saturated heterocycles. The molecule has 3 heterocycles. The highest BCUT2D eigenvalue weighted by Gasteiger charge is 2.43. The SMILES string of the molecule is Cc1ccc(N2CCN3c4ccc([N+](=O)[O-])cc4C[C@H](C(=O)N4CCCC4)[C@H]3C2)cc1. The van der Waals surface area contributed by atoms with Crippen molar-refractivity contribution in [1.82, 2.24) is 4.90 Å². The number of anilines is 2. The van der Waals surface area contributed by atoms with Crippen LogP contribution in [0.15, 0.2) is 42.5 Å². The van der Waals surface area contributed by atoms with E-state index >= 15 is 0 Å². The molecule has 5 rings (SSSR count). The van der Waals surface area contributed by atoms with Gasteiger partial charge < -0.3 is 14.7 Å². The van der Waals surface area contributed by atoms with Gasteiger partial charge in [-0.1, -0.05) is 17.7 Å².